The fourth-order valence-corrected chi connectivity index (χ4v) is 3.07. The Morgan fingerprint density at radius 3 is 3.12 bits per heavy atom. The van der Waals surface area contributed by atoms with Gasteiger partial charge in [-0.05, 0) is 48.1 Å². The Labute approximate surface area is 93.6 Å². The topological polar surface area (TPSA) is 38.7 Å². The highest BCUT2D eigenvalue weighted by atomic mass is 15.1. The molecule has 16 heavy (non-hydrogen) atoms. The van der Waals surface area contributed by atoms with Crippen LogP contribution in [0.25, 0.3) is 11.4 Å². The SMILES string of the molecule is c1cc2c(nn1)-c1nccc3c1C2CCC3. The first-order chi connectivity index (χ1) is 7.95. The van der Waals surface area contributed by atoms with Gasteiger partial charge in [-0.1, -0.05) is 0 Å². The highest BCUT2D eigenvalue weighted by Crippen LogP contribution is 2.48. The second kappa shape index (κ2) is 2.88. The van der Waals surface area contributed by atoms with Gasteiger partial charge in [0.05, 0.1) is 5.69 Å². The molecule has 0 spiro atoms. The van der Waals surface area contributed by atoms with E-state index in [4.69, 9.17) is 0 Å². The van der Waals surface area contributed by atoms with Crippen molar-refractivity contribution < 1.29 is 0 Å². The Morgan fingerprint density at radius 1 is 1.12 bits per heavy atom. The van der Waals surface area contributed by atoms with E-state index in [1.54, 1.807) is 6.20 Å². The van der Waals surface area contributed by atoms with Crippen LogP contribution < -0.4 is 0 Å². The molecular formula is C13H11N3. The van der Waals surface area contributed by atoms with Gasteiger partial charge in [0, 0.05) is 18.3 Å². The van der Waals surface area contributed by atoms with Crippen LogP contribution in [-0.4, -0.2) is 15.2 Å². The zero-order valence-corrected chi connectivity index (χ0v) is 8.85. The molecule has 0 saturated carbocycles. The molecule has 0 aliphatic heterocycles. The van der Waals surface area contributed by atoms with Gasteiger partial charge in [-0.15, -0.1) is 5.10 Å². The molecule has 0 fully saturated rings. The highest BCUT2D eigenvalue weighted by molar-refractivity contribution is 5.73. The fraction of sp³-hybridized carbons (Fsp3) is 0.308. The minimum absolute atomic E-state index is 0.526. The van der Waals surface area contributed by atoms with Gasteiger partial charge in [0.1, 0.15) is 5.69 Å². The van der Waals surface area contributed by atoms with E-state index in [1.807, 2.05) is 6.20 Å². The minimum atomic E-state index is 0.526. The maximum atomic E-state index is 4.49. The Hall–Kier alpha value is -1.77. The summed E-state index contributed by atoms with van der Waals surface area (Å²) in [5.74, 6) is 0.526. The summed E-state index contributed by atoms with van der Waals surface area (Å²) in [4.78, 5) is 4.49. The number of aromatic nitrogens is 3. The zero-order valence-electron chi connectivity index (χ0n) is 8.85. The molecule has 2 aliphatic rings. The Balaban J connectivity index is 2.10. The van der Waals surface area contributed by atoms with Gasteiger partial charge in [0.25, 0.3) is 0 Å². The number of hydrogen-bond acceptors (Lipinski definition) is 3. The third-order valence-corrected chi connectivity index (χ3v) is 3.72. The van der Waals surface area contributed by atoms with E-state index in [2.05, 4.69) is 27.3 Å². The standard InChI is InChI=1S/C13H11N3/c1-2-8-4-6-14-13-11(8)9(3-1)10-5-7-15-16-12(10)13/h4-7,9H,1-3H2. The van der Waals surface area contributed by atoms with E-state index in [-0.39, 0.29) is 0 Å². The molecule has 0 radical (unpaired) electrons. The molecule has 0 bridgehead atoms. The Morgan fingerprint density at radius 2 is 2.12 bits per heavy atom. The molecule has 0 N–H and O–H groups in total. The summed E-state index contributed by atoms with van der Waals surface area (Å²) in [6.45, 7) is 0. The van der Waals surface area contributed by atoms with E-state index >= 15 is 0 Å². The van der Waals surface area contributed by atoms with Crippen LogP contribution in [0.5, 0.6) is 0 Å². The molecule has 2 heterocycles. The van der Waals surface area contributed by atoms with E-state index in [0.717, 1.165) is 11.4 Å². The van der Waals surface area contributed by atoms with Crippen molar-refractivity contribution in [2.45, 2.75) is 25.2 Å². The van der Waals surface area contributed by atoms with Gasteiger partial charge in [-0.3, -0.25) is 4.98 Å². The third kappa shape index (κ3) is 0.907. The smallest absolute Gasteiger partial charge is 0.115 e. The minimum Gasteiger partial charge on any atom is -0.254 e. The predicted octanol–water partition coefficient (Wildman–Crippen LogP) is 2.32. The van der Waals surface area contributed by atoms with Crippen molar-refractivity contribution in [1.82, 2.24) is 15.2 Å². The lowest BCUT2D eigenvalue weighted by molar-refractivity contribution is 0.624. The average Bonchev–Trinajstić information content (AvgIpc) is 2.68. The second-order valence-corrected chi connectivity index (χ2v) is 4.51. The number of nitrogens with zero attached hydrogens (tertiary/aromatic N) is 3. The number of aryl methyl sites for hydroxylation is 1. The van der Waals surface area contributed by atoms with Gasteiger partial charge in [-0.25, -0.2) is 0 Å². The lowest BCUT2D eigenvalue weighted by atomic mass is 9.83. The molecule has 1 atom stereocenters. The predicted molar refractivity (Wildman–Crippen MR) is 60.0 cm³/mol. The molecule has 0 saturated heterocycles. The summed E-state index contributed by atoms with van der Waals surface area (Å²) in [5.41, 5.74) is 6.28. The van der Waals surface area contributed by atoms with Crippen molar-refractivity contribution in [3.8, 4) is 11.4 Å². The van der Waals surface area contributed by atoms with Gasteiger partial charge >= 0.3 is 0 Å². The largest absolute Gasteiger partial charge is 0.254 e. The number of hydrogen-bond donors (Lipinski definition) is 0. The molecule has 0 aromatic carbocycles. The van der Waals surface area contributed by atoms with Crippen LogP contribution in [0.2, 0.25) is 0 Å². The molecule has 1 unspecified atom stereocenters. The fourth-order valence-electron chi connectivity index (χ4n) is 3.07. The van der Waals surface area contributed by atoms with Crippen LogP contribution in [0.1, 0.15) is 35.4 Å². The van der Waals surface area contributed by atoms with Crippen molar-refractivity contribution in [3.05, 3.63) is 41.2 Å². The van der Waals surface area contributed by atoms with Crippen molar-refractivity contribution in [3.63, 3.8) is 0 Å². The Bertz CT molecular complexity index is 577. The molecule has 78 valence electrons. The normalized spacial score (nSPS) is 20.4. The summed E-state index contributed by atoms with van der Waals surface area (Å²) in [6, 6.07) is 4.26. The zero-order chi connectivity index (χ0) is 10.5. The summed E-state index contributed by atoms with van der Waals surface area (Å²) in [7, 11) is 0. The number of fused-ring (bicyclic) bond motifs is 3. The lowest BCUT2D eigenvalue weighted by Crippen LogP contribution is -2.08. The third-order valence-electron chi connectivity index (χ3n) is 3.72. The first-order valence-corrected chi connectivity index (χ1v) is 5.75. The van der Waals surface area contributed by atoms with Crippen molar-refractivity contribution >= 4 is 0 Å². The average molecular weight is 209 g/mol. The van der Waals surface area contributed by atoms with E-state index in [1.165, 1.54) is 36.0 Å². The van der Waals surface area contributed by atoms with Gasteiger partial charge in [0.15, 0.2) is 0 Å². The molecule has 0 amide bonds. The quantitative estimate of drug-likeness (QED) is 0.668. The molecule has 2 aromatic heterocycles. The van der Waals surface area contributed by atoms with Crippen molar-refractivity contribution in [2.24, 2.45) is 0 Å². The van der Waals surface area contributed by atoms with Crippen LogP contribution in [0, 0.1) is 0 Å². The van der Waals surface area contributed by atoms with Crippen molar-refractivity contribution in [2.75, 3.05) is 0 Å². The van der Waals surface area contributed by atoms with Crippen LogP contribution in [-0.2, 0) is 6.42 Å². The summed E-state index contributed by atoms with van der Waals surface area (Å²) >= 11 is 0. The number of rotatable bonds is 0. The van der Waals surface area contributed by atoms with E-state index in [9.17, 15) is 0 Å². The Kier molecular flexibility index (Phi) is 1.51. The van der Waals surface area contributed by atoms with Gasteiger partial charge in [-0.2, -0.15) is 5.10 Å². The van der Waals surface area contributed by atoms with Crippen LogP contribution in [0.4, 0.5) is 0 Å². The highest BCUT2D eigenvalue weighted by Gasteiger charge is 2.34. The summed E-state index contributed by atoms with van der Waals surface area (Å²) < 4.78 is 0. The van der Waals surface area contributed by atoms with Gasteiger partial charge in [0.2, 0.25) is 0 Å². The molecule has 3 nitrogen and oxygen atoms in total. The van der Waals surface area contributed by atoms with Crippen LogP contribution in [0.15, 0.2) is 24.5 Å². The van der Waals surface area contributed by atoms with E-state index in [0.29, 0.717) is 5.92 Å². The first-order valence-electron chi connectivity index (χ1n) is 5.75. The monoisotopic (exact) mass is 209 g/mol. The molecule has 2 aromatic rings. The van der Waals surface area contributed by atoms with Gasteiger partial charge < -0.3 is 0 Å². The van der Waals surface area contributed by atoms with Crippen molar-refractivity contribution in [1.29, 1.82) is 0 Å². The number of pyridine rings is 1. The molecule has 3 heteroatoms. The molecule has 4 rings (SSSR count). The summed E-state index contributed by atoms with van der Waals surface area (Å²) in [6.07, 6.45) is 7.37. The molecular weight excluding hydrogens is 198 g/mol. The maximum Gasteiger partial charge on any atom is 0.115 e. The van der Waals surface area contributed by atoms with Crippen LogP contribution in [0.3, 0.4) is 0 Å². The summed E-state index contributed by atoms with van der Waals surface area (Å²) in [5, 5.41) is 8.24. The maximum absolute atomic E-state index is 4.49. The van der Waals surface area contributed by atoms with E-state index < -0.39 is 0 Å². The molecule has 2 aliphatic carbocycles. The lowest BCUT2D eigenvalue weighted by Gasteiger charge is -2.21. The first kappa shape index (κ1) is 8.39. The van der Waals surface area contributed by atoms with Crippen LogP contribution >= 0.6 is 0 Å². The second-order valence-electron chi connectivity index (χ2n) is 4.51.